The molecule has 2 aromatic carbocycles. The van der Waals surface area contributed by atoms with Crippen molar-refractivity contribution in [1.29, 1.82) is 0 Å². The lowest BCUT2D eigenvalue weighted by Crippen LogP contribution is -2.05. The first-order valence-corrected chi connectivity index (χ1v) is 8.44. The zero-order valence-corrected chi connectivity index (χ0v) is 15.1. The van der Waals surface area contributed by atoms with Gasteiger partial charge in [-0.1, -0.05) is 41.9 Å². The van der Waals surface area contributed by atoms with Crippen LogP contribution in [0.15, 0.2) is 46.9 Å². The molecule has 2 aromatic rings. The molecule has 0 spiro atoms. The molecular weight excluding hydrogens is 359 g/mol. The van der Waals surface area contributed by atoms with Gasteiger partial charge in [0.1, 0.15) is 5.82 Å². The zero-order valence-electron chi connectivity index (χ0n) is 13.5. The van der Waals surface area contributed by atoms with E-state index in [1.807, 2.05) is 0 Å². The van der Waals surface area contributed by atoms with Crippen LogP contribution in [-0.2, 0) is 0 Å². The van der Waals surface area contributed by atoms with Gasteiger partial charge < -0.3 is 9.47 Å². The zero-order chi connectivity index (χ0) is 16.6. The van der Waals surface area contributed by atoms with Gasteiger partial charge in [-0.15, -0.1) is 0 Å². The molecule has 0 unspecified atom stereocenters. The number of hydrogen-bond donors (Lipinski definition) is 0. The predicted octanol–water partition coefficient (Wildman–Crippen LogP) is 5.42. The molecule has 0 bridgehead atoms. The van der Waals surface area contributed by atoms with Gasteiger partial charge in [0.05, 0.1) is 13.7 Å². The van der Waals surface area contributed by atoms with Gasteiger partial charge in [-0.2, -0.15) is 0 Å². The first-order chi connectivity index (χ1) is 10.9. The second-order valence-electron chi connectivity index (χ2n) is 6.56. The quantitative estimate of drug-likeness (QED) is 0.691. The second kappa shape index (κ2) is 6.16. The Hall–Kier alpha value is -1.55. The molecule has 2 atom stereocenters. The van der Waals surface area contributed by atoms with E-state index in [1.165, 1.54) is 24.8 Å². The van der Waals surface area contributed by atoms with E-state index in [-0.39, 0.29) is 11.2 Å². The maximum Gasteiger partial charge on any atom is 0.163 e. The monoisotopic (exact) mass is 378 g/mol. The van der Waals surface area contributed by atoms with Crippen LogP contribution in [0.5, 0.6) is 11.5 Å². The fourth-order valence-electron chi connectivity index (χ4n) is 3.33. The molecule has 0 heterocycles. The van der Waals surface area contributed by atoms with Crippen LogP contribution < -0.4 is 9.47 Å². The molecule has 2 nitrogen and oxygen atoms in total. The fraction of sp³-hybridized carbons (Fsp3) is 0.368. The second-order valence-corrected chi connectivity index (χ2v) is 7.48. The van der Waals surface area contributed by atoms with Crippen LogP contribution in [0.4, 0.5) is 4.39 Å². The Morgan fingerprint density at radius 3 is 2.43 bits per heavy atom. The average Bonchev–Trinajstić information content (AvgIpc) is 3.07. The van der Waals surface area contributed by atoms with Crippen molar-refractivity contribution in [2.24, 2.45) is 11.3 Å². The molecule has 1 aliphatic carbocycles. The van der Waals surface area contributed by atoms with E-state index >= 15 is 0 Å². The summed E-state index contributed by atoms with van der Waals surface area (Å²) < 4.78 is 25.4. The number of benzene rings is 2. The van der Waals surface area contributed by atoms with Crippen LogP contribution in [0.2, 0.25) is 0 Å². The van der Waals surface area contributed by atoms with Crippen molar-refractivity contribution < 1.29 is 13.9 Å². The number of hydrogen-bond acceptors (Lipinski definition) is 2. The lowest BCUT2D eigenvalue weighted by molar-refractivity contribution is 0.263. The maximum absolute atomic E-state index is 13.2. The van der Waals surface area contributed by atoms with Crippen molar-refractivity contribution in [2.45, 2.75) is 19.8 Å². The molecular formula is C19H20BrFO2. The van der Waals surface area contributed by atoms with E-state index in [9.17, 15) is 4.39 Å². The third kappa shape index (κ3) is 3.23. The van der Waals surface area contributed by atoms with Gasteiger partial charge in [-0.25, -0.2) is 4.39 Å². The molecule has 122 valence electrons. The van der Waals surface area contributed by atoms with E-state index in [0.717, 1.165) is 4.47 Å². The van der Waals surface area contributed by atoms with E-state index in [1.54, 1.807) is 6.07 Å². The normalized spacial score (nSPS) is 21.8. The van der Waals surface area contributed by atoms with Crippen LogP contribution in [0.1, 0.15) is 25.3 Å². The van der Waals surface area contributed by atoms with Crippen LogP contribution in [0.3, 0.4) is 0 Å². The summed E-state index contributed by atoms with van der Waals surface area (Å²) >= 11 is 3.47. The third-order valence-corrected chi connectivity index (χ3v) is 5.35. The summed E-state index contributed by atoms with van der Waals surface area (Å²) in [5.41, 5.74) is 1.53. The summed E-state index contributed by atoms with van der Waals surface area (Å²) in [6.07, 6.45) is 0. The van der Waals surface area contributed by atoms with E-state index < -0.39 is 0 Å². The van der Waals surface area contributed by atoms with Gasteiger partial charge in [0, 0.05) is 16.5 Å². The lowest BCUT2D eigenvalue weighted by atomic mass is 10.0. The third-order valence-electron chi connectivity index (χ3n) is 4.82. The van der Waals surface area contributed by atoms with Gasteiger partial charge in [-0.05, 0) is 41.2 Å². The van der Waals surface area contributed by atoms with E-state index in [2.05, 4.69) is 54.0 Å². The minimum Gasteiger partial charge on any atom is -0.493 e. The lowest BCUT2D eigenvalue weighted by Gasteiger charge is -2.11. The van der Waals surface area contributed by atoms with Crippen molar-refractivity contribution in [3.8, 4) is 11.5 Å². The Labute approximate surface area is 144 Å². The van der Waals surface area contributed by atoms with Gasteiger partial charge in [0.2, 0.25) is 0 Å². The molecule has 0 radical (unpaired) electrons. The summed E-state index contributed by atoms with van der Waals surface area (Å²) in [4.78, 5) is 0. The van der Waals surface area contributed by atoms with Crippen LogP contribution in [-0.4, -0.2) is 13.7 Å². The standard InChI is InChI=1S/C19H20BrFO2/c1-19(2)15(18(19)12-4-6-13(20)7-5-12)11-23-16-9-8-14(21)10-17(16)22-3/h4-10,15,18H,11H2,1-3H3/t15-,18-/m0/s1. The van der Waals surface area contributed by atoms with Crippen molar-refractivity contribution in [3.63, 3.8) is 0 Å². The van der Waals surface area contributed by atoms with Gasteiger partial charge in [-0.3, -0.25) is 0 Å². The van der Waals surface area contributed by atoms with Crippen molar-refractivity contribution >= 4 is 15.9 Å². The largest absolute Gasteiger partial charge is 0.493 e. The summed E-state index contributed by atoms with van der Waals surface area (Å²) in [6.45, 7) is 5.11. The molecule has 1 fully saturated rings. The molecule has 1 aliphatic rings. The first kappa shape index (κ1) is 16.3. The van der Waals surface area contributed by atoms with E-state index in [0.29, 0.717) is 29.9 Å². The molecule has 0 amide bonds. The molecule has 0 saturated heterocycles. The summed E-state index contributed by atoms with van der Waals surface area (Å²) in [7, 11) is 1.52. The Morgan fingerprint density at radius 1 is 1.09 bits per heavy atom. The smallest absolute Gasteiger partial charge is 0.163 e. The van der Waals surface area contributed by atoms with Crippen LogP contribution in [0, 0.1) is 17.2 Å². The number of methoxy groups -OCH3 is 1. The highest BCUT2D eigenvalue weighted by Crippen LogP contribution is 2.64. The number of ether oxygens (including phenoxy) is 2. The molecule has 0 N–H and O–H groups in total. The molecule has 3 rings (SSSR count). The molecule has 0 aliphatic heterocycles. The SMILES string of the molecule is COc1cc(F)ccc1OC[C@H]1[C@H](c2ccc(Br)cc2)C1(C)C. The minimum absolute atomic E-state index is 0.196. The summed E-state index contributed by atoms with van der Waals surface area (Å²) in [5.74, 6) is 1.60. The molecule has 0 aromatic heterocycles. The van der Waals surface area contributed by atoms with E-state index in [4.69, 9.17) is 9.47 Å². The highest BCUT2D eigenvalue weighted by molar-refractivity contribution is 9.10. The van der Waals surface area contributed by atoms with Crippen molar-refractivity contribution in [3.05, 3.63) is 58.3 Å². The van der Waals surface area contributed by atoms with Gasteiger partial charge in [0.25, 0.3) is 0 Å². The predicted molar refractivity (Wildman–Crippen MR) is 92.6 cm³/mol. The number of halogens is 2. The topological polar surface area (TPSA) is 18.5 Å². The molecule has 1 saturated carbocycles. The highest BCUT2D eigenvalue weighted by Gasteiger charge is 2.58. The Balaban J connectivity index is 1.70. The summed E-state index contributed by atoms with van der Waals surface area (Å²) in [5, 5.41) is 0. The van der Waals surface area contributed by atoms with Crippen molar-refractivity contribution in [2.75, 3.05) is 13.7 Å². The Bertz CT molecular complexity index is 697. The van der Waals surface area contributed by atoms with Crippen molar-refractivity contribution in [1.82, 2.24) is 0 Å². The Morgan fingerprint density at radius 2 is 1.78 bits per heavy atom. The molecule has 4 heteroatoms. The highest BCUT2D eigenvalue weighted by atomic mass is 79.9. The minimum atomic E-state index is -0.325. The molecule has 23 heavy (non-hydrogen) atoms. The van der Waals surface area contributed by atoms with Gasteiger partial charge >= 0.3 is 0 Å². The maximum atomic E-state index is 13.2. The number of rotatable bonds is 5. The average molecular weight is 379 g/mol. The summed E-state index contributed by atoms with van der Waals surface area (Å²) in [6, 6.07) is 12.8. The fourth-order valence-corrected chi connectivity index (χ4v) is 3.59. The Kier molecular flexibility index (Phi) is 4.37. The first-order valence-electron chi connectivity index (χ1n) is 7.65. The van der Waals surface area contributed by atoms with Gasteiger partial charge in [0.15, 0.2) is 11.5 Å². The van der Waals surface area contributed by atoms with Crippen LogP contribution >= 0.6 is 15.9 Å². The van der Waals surface area contributed by atoms with Crippen LogP contribution in [0.25, 0.3) is 0 Å².